The Bertz CT molecular complexity index is 1520. The van der Waals surface area contributed by atoms with Crippen molar-refractivity contribution in [1.82, 2.24) is 9.88 Å². The van der Waals surface area contributed by atoms with Crippen LogP contribution in [-0.2, 0) is 9.59 Å². The van der Waals surface area contributed by atoms with Crippen LogP contribution in [0.25, 0.3) is 22.5 Å². The van der Waals surface area contributed by atoms with E-state index in [2.05, 4.69) is 5.32 Å². The molecule has 5 rings (SSSR count). The summed E-state index contributed by atoms with van der Waals surface area (Å²) in [5.41, 5.74) is 1.49. The zero-order chi connectivity index (χ0) is 24.5. The summed E-state index contributed by atoms with van der Waals surface area (Å²) in [5.74, 6) is -0.778. The van der Waals surface area contributed by atoms with Gasteiger partial charge in [-0.1, -0.05) is 30.3 Å². The molecular formula is C27H21N3O5. The largest absolute Gasteiger partial charge is 0.497 e. The highest BCUT2D eigenvalue weighted by atomic mass is 16.5. The molecule has 8 heteroatoms. The first kappa shape index (κ1) is 22.0. The number of hydrogen-bond donors (Lipinski definition) is 1. The van der Waals surface area contributed by atoms with Gasteiger partial charge in [0.15, 0.2) is 0 Å². The molecule has 0 aliphatic carbocycles. The van der Waals surface area contributed by atoms with Gasteiger partial charge in [0.05, 0.1) is 19.9 Å². The molecule has 0 bridgehead atoms. The van der Waals surface area contributed by atoms with Crippen molar-refractivity contribution in [3.63, 3.8) is 0 Å². The molecule has 1 aliphatic heterocycles. The minimum atomic E-state index is -0.856. The third-order valence-corrected chi connectivity index (χ3v) is 5.81. The molecule has 1 fully saturated rings. The van der Waals surface area contributed by atoms with Crippen LogP contribution in [0.15, 0.2) is 84.6 Å². The van der Waals surface area contributed by atoms with Crippen molar-refractivity contribution < 1.29 is 23.9 Å². The summed E-state index contributed by atoms with van der Waals surface area (Å²) in [4.78, 5) is 39.6. The molecule has 0 spiro atoms. The molecule has 4 aromatic rings. The van der Waals surface area contributed by atoms with E-state index in [0.29, 0.717) is 11.4 Å². The van der Waals surface area contributed by atoms with Crippen LogP contribution in [0, 0.1) is 0 Å². The van der Waals surface area contributed by atoms with Gasteiger partial charge in [-0.2, -0.15) is 0 Å². The Hall–Kier alpha value is -4.85. The molecule has 1 aromatic heterocycles. The van der Waals surface area contributed by atoms with E-state index in [1.807, 2.05) is 59.3 Å². The first-order valence-corrected chi connectivity index (χ1v) is 10.8. The minimum Gasteiger partial charge on any atom is -0.497 e. The number of urea groups is 1. The van der Waals surface area contributed by atoms with Gasteiger partial charge in [-0.3, -0.25) is 14.9 Å². The molecule has 174 valence electrons. The molecule has 35 heavy (non-hydrogen) atoms. The minimum absolute atomic E-state index is 0.178. The number of carbonyl (C=O) groups excluding carboxylic acids is 3. The van der Waals surface area contributed by atoms with E-state index in [9.17, 15) is 14.4 Å². The van der Waals surface area contributed by atoms with Gasteiger partial charge in [0.2, 0.25) is 0 Å². The van der Waals surface area contributed by atoms with Gasteiger partial charge in [-0.25, -0.2) is 9.69 Å². The first-order valence-electron chi connectivity index (χ1n) is 10.8. The zero-order valence-corrected chi connectivity index (χ0v) is 19.0. The number of barbiturate groups is 1. The van der Waals surface area contributed by atoms with Crippen LogP contribution in [0.3, 0.4) is 0 Å². The number of rotatable bonds is 5. The normalized spacial score (nSPS) is 15.0. The second kappa shape index (κ2) is 8.83. The fourth-order valence-corrected chi connectivity index (χ4v) is 4.07. The fraction of sp³-hybridized carbons (Fsp3) is 0.0741. The van der Waals surface area contributed by atoms with E-state index in [0.717, 1.165) is 21.4 Å². The number of amides is 4. The SMILES string of the molecule is COc1ccc(N2C(=O)NC(=O)/C(=C\c3cccn3-c3ccc4ccccc4c3)C2=O)c(OC)c1. The molecule has 1 saturated heterocycles. The number of methoxy groups -OCH3 is 2. The molecule has 0 radical (unpaired) electrons. The van der Waals surface area contributed by atoms with E-state index >= 15 is 0 Å². The molecule has 0 unspecified atom stereocenters. The fourth-order valence-electron chi connectivity index (χ4n) is 4.07. The Kier molecular flexibility index (Phi) is 5.54. The number of carbonyl (C=O) groups is 3. The van der Waals surface area contributed by atoms with Crippen molar-refractivity contribution >= 4 is 40.4 Å². The quantitative estimate of drug-likeness (QED) is 0.349. The van der Waals surface area contributed by atoms with Crippen LogP contribution >= 0.6 is 0 Å². The molecule has 1 aliphatic rings. The van der Waals surface area contributed by atoms with E-state index in [-0.39, 0.29) is 17.0 Å². The lowest BCUT2D eigenvalue weighted by atomic mass is 10.1. The molecule has 1 N–H and O–H groups in total. The maximum Gasteiger partial charge on any atom is 0.336 e. The number of hydrogen-bond acceptors (Lipinski definition) is 5. The Morgan fingerprint density at radius 2 is 1.63 bits per heavy atom. The lowest BCUT2D eigenvalue weighted by Gasteiger charge is -2.27. The molecule has 3 aromatic carbocycles. The van der Waals surface area contributed by atoms with Crippen LogP contribution in [0.1, 0.15) is 5.69 Å². The van der Waals surface area contributed by atoms with Crippen molar-refractivity contribution in [3.05, 3.63) is 90.3 Å². The summed E-state index contributed by atoms with van der Waals surface area (Å²) in [5, 5.41) is 4.41. The average molecular weight is 467 g/mol. The van der Waals surface area contributed by atoms with Crippen LogP contribution in [-0.4, -0.2) is 36.6 Å². The smallest absolute Gasteiger partial charge is 0.336 e. The van der Waals surface area contributed by atoms with Crippen LogP contribution in [0.2, 0.25) is 0 Å². The molecule has 0 saturated carbocycles. The third kappa shape index (κ3) is 3.91. The van der Waals surface area contributed by atoms with Gasteiger partial charge in [0.1, 0.15) is 17.1 Å². The number of fused-ring (bicyclic) bond motifs is 1. The summed E-state index contributed by atoms with van der Waals surface area (Å²) in [6, 6.07) is 21.4. The highest BCUT2D eigenvalue weighted by Crippen LogP contribution is 2.34. The van der Waals surface area contributed by atoms with Gasteiger partial charge in [-0.05, 0) is 53.2 Å². The predicted molar refractivity (Wildman–Crippen MR) is 132 cm³/mol. The van der Waals surface area contributed by atoms with Crippen molar-refractivity contribution in [2.24, 2.45) is 0 Å². The molecular weight excluding hydrogens is 446 g/mol. The number of benzene rings is 3. The Balaban J connectivity index is 1.55. The number of anilines is 1. The van der Waals surface area contributed by atoms with E-state index < -0.39 is 17.8 Å². The number of ether oxygens (including phenoxy) is 2. The highest BCUT2D eigenvalue weighted by molar-refractivity contribution is 6.39. The number of imide groups is 2. The number of nitrogens with one attached hydrogen (secondary N) is 1. The van der Waals surface area contributed by atoms with Gasteiger partial charge in [0, 0.05) is 23.6 Å². The summed E-state index contributed by atoms with van der Waals surface area (Å²) in [6.45, 7) is 0. The molecule has 0 atom stereocenters. The maximum atomic E-state index is 13.4. The second-order valence-corrected chi connectivity index (χ2v) is 7.83. The summed E-state index contributed by atoms with van der Waals surface area (Å²) < 4.78 is 12.4. The number of nitrogens with zero attached hydrogens (tertiary/aromatic N) is 2. The topological polar surface area (TPSA) is 89.9 Å². The summed E-state index contributed by atoms with van der Waals surface area (Å²) >= 11 is 0. The van der Waals surface area contributed by atoms with Crippen LogP contribution in [0.5, 0.6) is 11.5 Å². The molecule has 8 nitrogen and oxygen atoms in total. The zero-order valence-electron chi connectivity index (χ0n) is 19.0. The molecule has 4 amide bonds. The predicted octanol–water partition coefficient (Wildman–Crippen LogP) is 4.31. The monoisotopic (exact) mass is 467 g/mol. The van der Waals surface area contributed by atoms with Gasteiger partial charge in [0.25, 0.3) is 11.8 Å². The highest BCUT2D eigenvalue weighted by Gasteiger charge is 2.38. The van der Waals surface area contributed by atoms with E-state index in [1.165, 1.54) is 26.4 Å². The summed E-state index contributed by atoms with van der Waals surface area (Å²) in [6.07, 6.45) is 3.32. The second-order valence-electron chi connectivity index (χ2n) is 7.83. The Morgan fingerprint density at radius 3 is 2.40 bits per heavy atom. The van der Waals surface area contributed by atoms with E-state index in [1.54, 1.807) is 18.2 Å². The lowest BCUT2D eigenvalue weighted by Crippen LogP contribution is -2.54. The van der Waals surface area contributed by atoms with Gasteiger partial charge in [-0.15, -0.1) is 0 Å². The lowest BCUT2D eigenvalue weighted by molar-refractivity contribution is -0.122. The standard InChI is InChI=1S/C27H21N3O5/c1-34-21-11-12-23(24(16-21)35-2)30-26(32)22(25(31)28-27(30)33)15-19-8-5-13-29(19)20-10-9-17-6-3-4-7-18(17)14-20/h3-16H,1-2H3,(H,28,31,33)/b22-15+. The van der Waals surface area contributed by atoms with Crippen LogP contribution in [0.4, 0.5) is 10.5 Å². The average Bonchev–Trinajstić information content (AvgIpc) is 3.34. The Morgan fingerprint density at radius 1 is 0.829 bits per heavy atom. The van der Waals surface area contributed by atoms with Gasteiger partial charge < -0.3 is 14.0 Å². The van der Waals surface area contributed by atoms with Gasteiger partial charge >= 0.3 is 6.03 Å². The third-order valence-electron chi connectivity index (χ3n) is 5.81. The van der Waals surface area contributed by atoms with Crippen molar-refractivity contribution in [1.29, 1.82) is 0 Å². The Labute approximate surface area is 201 Å². The summed E-state index contributed by atoms with van der Waals surface area (Å²) in [7, 11) is 2.92. The maximum absolute atomic E-state index is 13.4. The first-order chi connectivity index (χ1) is 17.0. The van der Waals surface area contributed by atoms with Crippen molar-refractivity contribution in [2.75, 3.05) is 19.1 Å². The van der Waals surface area contributed by atoms with E-state index in [4.69, 9.17) is 9.47 Å². The van der Waals surface area contributed by atoms with Crippen molar-refractivity contribution in [2.45, 2.75) is 0 Å². The van der Waals surface area contributed by atoms with Crippen LogP contribution < -0.4 is 19.7 Å². The van der Waals surface area contributed by atoms with Crippen molar-refractivity contribution in [3.8, 4) is 17.2 Å². The molecule has 2 heterocycles. The number of aromatic nitrogens is 1.